The van der Waals surface area contributed by atoms with Crippen molar-refractivity contribution < 1.29 is 4.79 Å². The molecule has 1 aliphatic rings. The Morgan fingerprint density at radius 2 is 1.64 bits per heavy atom. The third-order valence-corrected chi connectivity index (χ3v) is 4.60. The zero-order valence-electron chi connectivity index (χ0n) is 14.7. The summed E-state index contributed by atoms with van der Waals surface area (Å²) in [5.41, 5.74) is 3.61. The number of amides is 1. The molecular weight excluding hydrogens is 310 g/mol. The van der Waals surface area contributed by atoms with Gasteiger partial charge in [0.2, 0.25) is 5.91 Å². The van der Waals surface area contributed by atoms with E-state index in [0.717, 1.165) is 25.2 Å². The average Bonchev–Trinajstić information content (AvgIpc) is 3.18. The zero-order valence-corrected chi connectivity index (χ0v) is 14.7. The molecule has 2 aromatic rings. The summed E-state index contributed by atoms with van der Waals surface area (Å²) in [4.78, 5) is 14.3. The molecule has 132 valence electrons. The predicted molar refractivity (Wildman–Crippen MR) is 104 cm³/mol. The van der Waals surface area contributed by atoms with Crippen molar-refractivity contribution >= 4 is 17.3 Å². The summed E-state index contributed by atoms with van der Waals surface area (Å²) in [5, 5.41) is 6.30. The van der Waals surface area contributed by atoms with E-state index in [1.54, 1.807) is 0 Å². The zero-order chi connectivity index (χ0) is 17.3. The molecule has 0 atom stereocenters. The molecule has 1 aliphatic heterocycles. The van der Waals surface area contributed by atoms with Crippen LogP contribution in [0.25, 0.3) is 0 Å². The third-order valence-electron chi connectivity index (χ3n) is 4.60. The Hall–Kier alpha value is -2.49. The maximum Gasteiger partial charge on any atom is 0.221 e. The van der Waals surface area contributed by atoms with Crippen LogP contribution in [-0.4, -0.2) is 32.1 Å². The van der Waals surface area contributed by atoms with Crippen LogP contribution in [0.2, 0.25) is 0 Å². The van der Waals surface area contributed by atoms with Crippen molar-refractivity contribution in [2.45, 2.75) is 25.7 Å². The van der Waals surface area contributed by atoms with Crippen LogP contribution in [0.4, 0.5) is 11.4 Å². The first-order chi connectivity index (χ1) is 12.3. The van der Waals surface area contributed by atoms with Gasteiger partial charge in [-0.05, 0) is 49.1 Å². The molecule has 1 heterocycles. The van der Waals surface area contributed by atoms with Crippen LogP contribution >= 0.6 is 0 Å². The fourth-order valence-corrected chi connectivity index (χ4v) is 3.17. The molecule has 2 aromatic carbocycles. The highest BCUT2D eigenvalue weighted by molar-refractivity contribution is 5.76. The van der Waals surface area contributed by atoms with Crippen molar-refractivity contribution in [1.29, 1.82) is 0 Å². The Morgan fingerprint density at radius 1 is 0.920 bits per heavy atom. The lowest BCUT2D eigenvalue weighted by Crippen LogP contribution is -2.27. The van der Waals surface area contributed by atoms with Gasteiger partial charge in [0.15, 0.2) is 0 Å². The maximum absolute atomic E-state index is 11.9. The summed E-state index contributed by atoms with van der Waals surface area (Å²) in [5.74, 6) is 0.0946. The third kappa shape index (κ3) is 5.52. The second-order valence-electron chi connectivity index (χ2n) is 6.50. The standard InChI is InChI=1S/C21H27N3O/c25-21(23-14-12-18-6-2-1-3-7-18)13-15-22-19-8-10-20(11-9-19)24-16-4-5-17-24/h1-3,6-11,22H,4-5,12-17H2,(H,23,25). The van der Waals surface area contributed by atoms with Gasteiger partial charge in [-0.3, -0.25) is 4.79 Å². The number of nitrogens with one attached hydrogen (secondary N) is 2. The van der Waals surface area contributed by atoms with E-state index in [-0.39, 0.29) is 5.91 Å². The lowest BCUT2D eigenvalue weighted by Gasteiger charge is -2.18. The van der Waals surface area contributed by atoms with E-state index in [4.69, 9.17) is 0 Å². The van der Waals surface area contributed by atoms with Crippen molar-refractivity contribution in [1.82, 2.24) is 5.32 Å². The molecular formula is C21H27N3O. The van der Waals surface area contributed by atoms with Crippen LogP contribution < -0.4 is 15.5 Å². The molecule has 0 aliphatic carbocycles. The lowest BCUT2D eigenvalue weighted by atomic mass is 10.1. The molecule has 0 bridgehead atoms. The van der Waals surface area contributed by atoms with E-state index in [1.165, 1.54) is 24.1 Å². The summed E-state index contributed by atoms with van der Waals surface area (Å²) in [7, 11) is 0. The first-order valence-electron chi connectivity index (χ1n) is 9.21. The molecule has 4 nitrogen and oxygen atoms in total. The monoisotopic (exact) mass is 337 g/mol. The number of hydrogen-bond acceptors (Lipinski definition) is 3. The molecule has 0 unspecified atom stereocenters. The molecule has 3 rings (SSSR count). The fourth-order valence-electron chi connectivity index (χ4n) is 3.17. The van der Waals surface area contributed by atoms with Gasteiger partial charge in [0.05, 0.1) is 0 Å². The largest absolute Gasteiger partial charge is 0.385 e. The van der Waals surface area contributed by atoms with Crippen LogP contribution in [0.3, 0.4) is 0 Å². The number of benzene rings is 2. The molecule has 1 amide bonds. The quantitative estimate of drug-likeness (QED) is 0.775. The topological polar surface area (TPSA) is 44.4 Å². The van der Waals surface area contributed by atoms with Crippen LogP contribution in [-0.2, 0) is 11.2 Å². The number of carbonyl (C=O) groups is 1. The molecule has 0 radical (unpaired) electrons. The van der Waals surface area contributed by atoms with Gasteiger partial charge in [0, 0.05) is 44.0 Å². The van der Waals surface area contributed by atoms with Crippen LogP contribution in [0.15, 0.2) is 54.6 Å². The van der Waals surface area contributed by atoms with Gasteiger partial charge >= 0.3 is 0 Å². The van der Waals surface area contributed by atoms with Gasteiger partial charge in [-0.1, -0.05) is 30.3 Å². The Morgan fingerprint density at radius 3 is 2.36 bits per heavy atom. The number of carbonyl (C=O) groups excluding carboxylic acids is 1. The lowest BCUT2D eigenvalue weighted by molar-refractivity contribution is -0.120. The highest BCUT2D eigenvalue weighted by atomic mass is 16.1. The van der Waals surface area contributed by atoms with E-state index in [9.17, 15) is 4.79 Å². The van der Waals surface area contributed by atoms with E-state index in [0.29, 0.717) is 19.5 Å². The van der Waals surface area contributed by atoms with Gasteiger partial charge in [-0.25, -0.2) is 0 Å². The minimum atomic E-state index is 0.0946. The van der Waals surface area contributed by atoms with Crippen LogP contribution in [0.5, 0.6) is 0 Å². The number of rotatable bonds is 8. The normalized spacial score (nSPS) is 13.7. The van der Waals surface area contributed by atoms with E-state index in [2.05, 4.69) is 51.9 Å². The molecule has 4 heteroatoms. The smallest absolute Gasteiger partial charge is 0.221 e. The van der Waals surface area contributed by atoms with Gasteiger partial charge in [-0.15, -0.1) is 0 Å². The highest BCUT2D eigenvalue weighted by Crippen LogP contribution is 2.21. The second-order valence-corrected chi connectivity index (χ2v) is 6.50. The van der Waals surface area contributed by atoms with Crippen molar-refractivity contribution in [2.75, 3.05) is 36.4 Å². The van der Waals surface area contributed by atoms with Crippen molar-refractivity contribution in [3.05, 3.63) is 60.2 Å². The maximum atomic E-state index is 11.9. The summed E-state index contributed by atoms with van der Waals surface area (Å²) in [6.07, 6.45) is 3.94. The minimum absolute atomic E-state index is 0.0946. The summed E-state index contributed by atoms with van der Waals surface area (Å²) >= 11 is 0. The van der Waals surface area contributed by atoms with Gasteiger partial charge in [-0.2, -0.15) is 0 Å². The summed E-state index contributed by atoms with van der Waals surface area (Å²) in [6.45, 7) is 3.67. The molecule has 0 saturated carbocycles. The Balaban J connectivity index is 1.32. The van der Waals surface area contributed by atoms with Crippen molar-refractivity contribution in [3.8, 4) is 0 Å². The number of hydrogen-bond donors (Lipinski definition) is 2. The second kappa shape index (κ2) is 9.11. The van der Waals surface area contributed by atoms with Crippen LogP contribution in [0.1, 0.15) is 24.8 Å². The van der Waals surface area contributed by atoms with Crippen molar-refractivity contribution in [3.63, 3.8) is 0 Å². The number of anilines is 2. The Kier molecular flexibility index (Phi) is 6.32. The van der Waals surface area contributed by atoms with E-state index < -0.39 is 0 Å². The van der Waals surface area contributed by atoms with Crippen molar-refractivity contribution in [2.24, 2.45) is 0 Å². The highest BCUT2D eigenvalue weighted by Gasteiger charge is 2.11. The van der Waals surface area contributed by atoms with Gasteiger partial charge in [0.25, 0.3) is 0 Å². The molecule has 1 fully saturated rings. The fraction of sp³-hybridized carbons (Fsp3) is 0.381. The average molecular weight is 337 g/mol. The van der Waals surface area contributed by atoms with Gasteiger partial charge in [0.1, 0.15) is 0 Å². The van der Waals surface area contributed by atoms with Gasteiger partial charge < -0.3 is 15.5 Å². The SMILES string of the molecule is O=C(CCNc1ccc(N2CCCC2)cc1)NCCc1ccccc1. The molecule has 25 heavy (non-hydrogen) atoms. The molecule has 2 N–H and O–H groups in total. The summed E-state index contributed by atoms with van der Waals surface area (Å²) in [6, 6.07) is 18.7. The molecule has 1 saturated heterocycles. The minimum Gasteiger partial charge on any atom is -0.385 e. The summed E-state index contributed by atoms with van der Waals surface area (Å²) < 4.78 is 0. The van der Waals surface area contributed by atoms with Crippen LogP contribution in [0, 0.1) is 0 Å². The van der Waals surface area contributed by atoms with E-state index >= 15 is 0 Å². The molecule has 0 aromatic heterocycles. The number of nitrogens with zero attached hydrogens (tertiary/aromatic N) is 1. The Bertz CT molecular complexity index is 649. The first kappa shape index (κ1) is 17.3. The predicted octanol–water partition coefficient (Wildman–Crippen LogP) is 3.45. The molecule has 0 spiro atoms. The Labute approximate surface area is 150 Å². The van der Waals surface area contributed by atoms with E-state index in [1.807, 2.05) is 18.2 Å². The first-order valence-corrected chi connectivity index (χ1v) is 9.21.